The molecule has 1 aromatic heterocycles. The van der Waals surface area contributed by atoms with Crippen LogP contribution in [0, 0.1) is 17.6 Å². The molecule has 1 heterocycles. The van der Waals surface area contributed by atoms with Crippen LogP contribution in [0.4, 0.5) is 8.78 Å². The molecule has 0 spiro atoms. The average molecular weight is 404 g/mol. The molecule has 4 rings (SSSR count). The van der Waals surface area contributed by atoms with Crippen molar-refractivity contribution in [2.75, 3.05) is 6.54 Å². The first kappa shape index (κ1) is 18.4. The van der Waals surface area contributed by atoms with Gasteiger partial charge in [-0.2, -0.15) is 0 Å². The van der Waals surface area contributed by atoms with Gasteiger partial charge in [0.15, 0.2) is 0 Å². The van der Waals surface area contributed by atoms with Gasteiger partial charge in [0, 0.05) is 22.1 Å². The van der Waals surface area contributed by atoms with Gasteiger partial charge in [-0.15, -0.1) is 11.3 Å². The maximum Gasteiger partial charge on any atom is 0.223 e. The quantitative estimate of drug-likeness (QED) is 0.564. The van der Waals surface area contributed by atoms with E-state index >= 15 is 0 Å². The molecule has 140 valence electrons. The molecule has 6 heteroatoms. The largest absolute Gasteiger partial charge is 0.356 e. The van der Waals surface area contributed by atoms with E-state index in [4.69, 9.17) is 0 Å². The van der Waals surface area contributed by atoms with Gasteiger partial charge in [-0.3, -0.25) is 4.79 Å². The molecular weight excluding hydrogens is 384 g/mol. The highest BCUT2D eigenvalue weighted by atomic mass is 32.2. The highest BCUT2D eigenvalue weighted by molar-refractivity contribution is 8.01. The summed E-state index contributed by atoms with van der Waals surface area (Å²) < 4.78 is 29.0. The van der Waals surface area contributed by atoms with Crippen LogP contribution in [0.25, 0.3) is 10.1 Å². The molecule has 0 unspecified atom stereocenters. The number of amides is 1. The summed E-state index contributed by atoms with van der Waals surface area (Å²) in [5.74, 6) is -0.246. The first-order valence-corrected chi connectivity index (χ1v) is 10.7. The fraction of sp³-hybridized carbons (Fsp3) is 0.286. The van der Waals surface area contributed by atoms with Gasteiger partial charge in [-0.25, -0.2) is 8.78 Å². The molecule has 0 aliphatic heterocycles. The fourth-order valence-corrected chi connectivity index (χ4v) is 5.66. The van der Waals surface area contributed by atoms with E-state index in [0.717, 1.165) is 44.0 Å². The van der Waals surface area contributed by atoms with Crippen molar-refractivity contribution >= 4 is 39.1 Å². The van der Waals surface area contributed by atoms with Crippen LogP contribution in [-0.4, -0.2) is 12.5 Å². The second-order valence-electron chi connectivity index (χ2n) is 6.73. The summed E-state index contributed by atoms with van der Waals surface area (Å²) in [7, 11) is 0. The topological polar surface area (TPSA) is 29.1 Å². The Kier molecular flexibility index (Phi) is 5.45. The Balaban J connectivity index is 1.56. The molecule has 1 fully saturated rings. The maximum atomic E-state index is 13.8. The van der Waals surface area contributed by atoms with Gasteiger partial charge >= 0.3 is 0 Å². The van der Waals surface area contributed by atoms with E-state index in [0.29, 0.717) is 13.0 Å². The van der Waals surface area contributed by atoms with Crippen LogP contribution in [0.3, 0.4) is 0 Å². The number of hydrogen-bond acceptors (Lipinski definition) is 3. The summed E-state index contributed by atoms with van der Waals surface area (Å²) in [5, 5.41) is 3.91. The molecule has 2 aromatic carbocycles. The van der Waals surface area contributed by atoms with Crippen LogP contribution in [0.5, 0.6) is 0 Å². The second kappa shape index (κ2) is 7.98. The maximum absolute atomic E-state index is 13.8. The van der Waals surface area contributed by atoms with Gasteiger partial charge < -0.3 is 5.32 Å². The van der Waals surface area contributed by atoms with Crippen LogP contribution in [0.15, 0.2) is 51.6 Å². The van der Waals surface area contributed by atoms with Crippen LogP contribution < -0.4 is 5.32 Å². The minimum absolute atomic E-state index is 0.125. The van der Waals surface area contributed by atoms with Gasteiger partial charge in [0.2, 0.25) is 5.91 Å². The van der Waals surface area contributed by atoms with Crippen LogP contribution in [0.2, 0.25) is 0 Å². The van der Waals surface area contributed by atoms with Gasteiger partial charge in [-0.1, -0.05) is 18.2 Å². The van der Waals surface area contributed by atoms with Crippen LogP contribution in [0.1, 0.15) is 24.8 Å². The molecule has 27 heavy (non-hydrogen) atoms. The van der Waals surface area contributed by atoms with E-state index in [1.54, 1.807) is 47.4 Å². The Morgan fingerprint density at radius 2 is 1.85 bits per heavy atom. The third-order valence-electron chi connectivity index (χ3n) is 4.89. The predicted molar refractivity (Wildman–Crippen MR) is 106 cm³/mol. The number of fused-ring (bicyclic) bond motifs is 1. The Hall–Kier alpha value is -1.92. The van der Waals surface area contributed by atoms with Gasteiger partial charge in [0.05, 0.1) is 4.21 Å². The Morgan fingerprint density at radius 3 is 2.56 bits per heavy atom. The lowest BCUT2D eigenvalue weighted by Gasteiger charge is -2.24. The molecule has 1 aliphatic rings. The van der Waals surface area contributed by atoms with Crippen molar-refractivity contribution in [3.63, 3.8) is 0 Å². The Morgan fingerprint density at radius 1 is 1.11 bits per heavy atom. The summed E-state index contributed by atoms with van der Waals surface area (Å²) in [4.78, 5) is 13.0. The van der Waals surface area contributed by atoms with E-state index in [2.05, 4.69) is 5.32 Å². The van der Waals surface area contributed by atoms with Gasteiger partial charge in [0.25, 0.3) is 0 Å². The molecule has 2 nitrogen and oxygen atoms in total. The van der Waals surface area contributed by atoms with Crippen molar-refractivity contribution in [2.24, 2.45) is 5.92 Å². The first-order valence-electron chi connectivity index (χ1n) is 9.02. The zero-order valence-electron chi connectivity index (χ0n) is 14.6. The summed E-state index contributed by atoms with van der Waals surface area (Å²) in [6.07, 6.45) is 3.73. The third-order valence-corrected chi connectivity index (χ3v) is 7.34. The highest BCUT2D eigenvalue weighted by Gasteiger charge is 2.24. The lowest BCUT2D eigenvalue weighted by molar-refractivity contribution is -0.127. The zero-order chi connectivity index (χ0) is 18.8. The van der Waals surface area contributed by atoms with Gasteiger partial charge in [-0.05, 0) is 72.7 Å². The number of hydrogen-bond donors (Lipinski definition) is 1. The smallest absolute Gasteiger partial charge is 0.223 e. The lowest BCUT2D eigenvalue weighted by Crippen LogP contribution is -2.35. The van der Waals surface area contributed by atoms with E-state index in [-0.39, 0.29) is 23.5 Å². The molecule has 1 N–H and O–H groups in total. The highest BCUT2D eigenvalue weighted by Crippen LogP contribution is 2.42. The van der Waals surface area contributed by atoms with E-state index < -0.39 is 0 Å². The molecule has 1 aliphatic carbocycles. The molecule has 1 amide bonds. The number of halogens is 2. The minimum Gasteiger partial charge on any atom is -0.356 e. The van der Waals surface area contributed by atoms with Crippen molar-refractivity contribution in [1.29, 1.82) is 0 Å². The predicted octanol–water partition coefficient (Wildman–Crippen LogP) is 5.79. The third kappa shape index (κ3) is 4.17. The van der Waals surface area contributed by atoms with Crippen LogP contribution in [-0.2, 0) is 11.2 Å². The van der Waals surface area contributed by atoms with E-state index in [1.165, 1.54) is 18.2 Å². The second-order valence-corrected chi connectivity index (χ2v) is 9.13. The van der Waals surface area contributed by atoms with Crippen molar-refractivity contribution in [3.8, 4) is 0 Å². The molecule has 0 radical (unpaired) electrons. The monoisotopic (exact) mass is 403 g/mol. The summed E-state index contributed by atoms with van der Waals surface area (Å²) in [6, 6.07) is 11.2. The summed E-state index contributed by atoms with van der Waals surface area (Å²) >= 11 is 3.15. The zero-order valence-corrected chi connectivity index (χ0v) is 16.3. The minimum atomic E-state index is -0.267. The number of carbonyl (C=O) groups is 1. The number of thiophene rings is 1. The number of carbonyl (C=O) groups excluding carboxylic acids is 1. The SMILES string of the molecule is O=C(NCCc1c(Sc2ccc(F)cc2)sc2ccc(F)cc12)C1CCC1. The number of rotatable bonds is 6. The molecular formula is C21H19F2NOS2. The van der Waals surface area contributed by atoms with E-state index in [1.807, 2.05) is 0 Å². The first-order chi connectivity index (χ1) is 13.1. The lowest BCUT2D eigenvalue weighted by atomic mass is 9.85. The van der Waals surface area contributed by atoms with Crippen molar-refractivity contribution in [1.82, 2.24) is 5.32 Å². The summed E-state index contributed by atoms with van der Waals surface area (Å²) in [5.41, 5.74) is 1.04. The van der Waals surface area contributed by atoms with Gasteiger partial charge in [0.1, 0.15) is 11.6 Å². The average Bonchev–Trinajstić information content (AvgIpc) is 2.92. The van der Waals surface area contributed by atoms with E-state index in [9.17, 15) is 13.6 Å². The Bertz CT molecular complexity index is 964. The summed E-state index contributed by atoms with van der Waals surface area (Å²) in [6.45, 7) is 0.536. The molecule has 0 bridgehead atoms. The Labute approximate surface area is 165 Å². The molecule has 1 saturated carbocycles. The van der Waals surface area contributed by atoms with Crippen molar-refractivity contribution in [3.05, 3.63) is 59.7 Å². The fourth-order valence-electron chi connectivity index (χ4n) is 3.15. The number of benzene rings is 2. The molecule has 0 saturated heterocycles. The standard InChI is InChI=1S/C21H19F2NOS2/c22-14-4-7-16(8-5-14)26-21-17(10-11-24-20(25)13-2-1-3-13)18-12-15(23)6-9-19(18)27-21/h4-9,12-13H,1-3,10-11H2,(H,24,25). The normalized spacial score (nSPS) is 14.3. The number of nitrogens with one attached hydrogen (secondary N) is 1. The van der Waals surface area contributed by atoms with Crippen molar-refractivity contribution in [2.45, 2.75) is 34.8 Å². The molecule has 0 atom stereocenters. The van der Waals surface area contributed by atoms with Crippen molar-refractivity contribution < 1.29 is 13.6 Å². The molecule has 3 aromatic rings. The van der Waals surface area contributed by atoms with Crippen LogP contribution >= 0.6 is 23.1 Å².